The SMILES string of the molecule is CC1c2sccc2CCN1Cc1ccccc1Cl. The van der Waals surface area contributed by atoms with E-state index in [1.54, 1.807) is 0 Å². The summed E-state index contributed by atoms with van der Waals surface area (Å²) in [5, 5.41) is 3.09. The molecule has 0 N–H and O–H groups in total. The van der Waals surface area contributed by atoms with Crippen LogP contribution in [0.25, 0.3) is 0 Å². The molecule has 2 heterocycles. The van der Waals surface area contributed by atoms with E-state index in [0.29, 0.717) is 6.04 Å². The molecule has 0 aliphatic carbocycles. The number of nitrogens with zero attached hydrogens (tertiary/aromatic N) is 1. The van der Waals surface area contributed by atoms with Gasteiger partial charge in [-0.05, 0) is 42.0 Å². The Morgan fingerprint density at radius 3 is 3.00 bits per heavy atom. The molecule has 2 aromatic rings. The predicted molar refractivity (Wildman–Crippen MR) is 78.3 cm³/mol. The molecule has 0 bridgehead atoms. The Kier molecular flexibility index (Phi) is 3.42. The first-order valence-electron chi connectivity index (χ1n) is 6.29. The summed E-state index contributed by atoms with van der Waals surface area (Å²) in [4.78, 5) is 4.04. The van der Waals surface area contributed by atoms with Crippen molar-refractivity contribution in [2.75, 3.05) is 6.54 Å². The van der Waals surface area contributed by atoms with Crippen LogP contribution in [0.3, 0.4) is 0 Å². The first-order chi connectivity index (χ1) is 8.75. The number of fused-ring (bicyclic) bond motifs is 1. The molecule has 0 spiro atoms. The van der Waals surface area contributed by atoms with Gasteiger partial charge in [0, 0.05) is 29.0 Å². The highest BCUT2D eigenvalue weighted by Gasteiger charge is 2.25. The predicted octanol–water partition coefficient (Wildman–Crippen LogP) is 4.52. The minimum atomic E-state index is 0.505. The van der Waals surface area contributed by atoms with Crippen LogP contribution >= 0.6 is 22.9 Å². The summed E-state index contributed by atoms with van der Waals surface area (Å²) in [7, 11) is 0. The molecule has 0 fully saturated rings. The van der Waals surface area contributed by atoms with E-state index >= 15 is 0 Å². The zero-order valence-electron chi connectivity index (χ0n) is 10.4. The molecule has 0 amide bonds. The number of hydrogen-bond acceptors (Lipinski definition) is 2. The maximum absolute atomic E-state index is 6.25. The lowest BCUT2D eigenvalue weighted by molar-refractivity contribution is 0.193. The van der Waals surface area contributed by atoms with Gasteiger partial charge >= 0.3 is 0 Å². The van der Waals surface area contributed by atoms with Crippen molar-refractivity contribution in [1.82, 2.24) is 4.90 Å². The lowest BCUT2D eigenvalue weighted by Crippen LogP contribution is -2.32. The van der Waals surface area contributed by atoms with Crippen molar-refractivity contribution >= 4 is 22.9 Å². The van der Waals surface area contributed by atoms with Crippen LogP contribution in [0.2, 0.25) is 5.02 Å². The average molecular weight is 278 g/mol. The maximum atomic E-state index is 6.25. The molecule has 1 nitrogen and oxygen atoms in total. The zero-order chi connectivity index (χ0) is 12.5. The second kappa shape index (κ2) is 5.04. The summed E-state index contributed by atoms with van der Waals surface area (Å²) in [5.41, 5.74) is 2.76. The smallest absolute Gasteiger partial charge is 0.0451 e. The molecule has 1 atom stereocenters. The van der Waals surface area contributed by atoms with Gasteiger partial charge in [0.05, 0.1) is 0 Å². The Labute approximate surface area is 117 Å². The Morgan fingerprint density at radius 1 is 1.33 bits per heavy atom. The van der Waals surface area contributed by atoms with Crippen molar-refractivity contribution in [2.45, 2.75) is 25.9 Å². The third-order valence-electron chi connectivity index (χ3n) is 3.71. The van der Waals surface area contributed by atoms with Crippen LogP contribution in [0.1, 0.15) is 29.0 Å². The molecule has 1 aliphatic heterocycles. The molecule has 1 aromatic carbocycles. The molecule has 1 aromatic heterocycles. The minimum absolute atomic E-state index is 0.505. The molecule has 3 rings (SSSR count). The number of halogens is 1. The number of thiophene rings is 1. The summed E-state index contributed by atoms with van der Waals surface area (Å²) < 4.78 is 0. The van der Waals surface area contributed by atoms with Crippen molar-refractivity contribution in [3.8, 4) is 0 Å². The zero-order valence-corrected chi connectivity index (χ0v) is 12.0. The van der Waals surface area contributed by atoms with Gasteiger partial charge in [-0.1, -0.05) is 29.8 Å². The van der Waals surface area contributed by atoms with Gasteiger partial charge in [-0.2, -0.15) is 0 Å². The van der Waals surface area contributed by atoms with Crippen molar-refractivity contribution in [3.63, 3.8) is 0 Å². The van der Waals surface area contributed by atoms with Gasteiger partial charge in [0.2, 0.25) is 0 Å². The van der Waals surface area contributed by atoms with E-state index in [9.17, 15) is 0 Å². The van der Waals surface area contributed by atoms with E-state index in [1.807, 2.05) is 23.5 Å². The van der Waals surface area contributed by atoms with Crippen molar-refractivity contribution in [3.05, 3.63) is 56.7 Å². The van der Waals surface area contributed by atoms with Gasteiger partial charge in [0.15, 0.2) is 0 Å². The summed E-state index contributed by atoms with van der Waals surface area (Å²) in [6.07, 6.45) is 1.16. The van der Waals surface area contributed by atoms with Gasteiger partial charge < -0.3 is 0 Å². The normalized spacial score (nSPS) is 19.8. The third kappa shape index (κ3) is 2.20. The van der Waals surface area contributed by atoms with Crippen LogP contribution in [0, 0.1) is 0 Å². The molecule has 0 saturated heterocycles. The molecule has 0 saturated carbocycles. The van der Waals surface area contributed by atoms with Crippen LogP contribution < -0.4 is 0 Å². The summed E-state index contributed by atoms with van der Waals surface area (Å²) in [5.74, 6) is 0. The molecule has 18 heavy (non-hydrogen) atoms. The fourth-order valence-electron chi connectivity index (χ4n) is 2.61. The first-order valence-corrected chi connectivity index (χ1v) is 7.55. The van der Waals surface area contributed by atoms with Gasteiger partial charge in [0.25, 0.3) is 0 Å². The highest BCUT2D eigenvalue weighted by molar-refractivity contribution is 7.10. The summed E-state index contributed by atoms with van der Waals surface area (Å²) >= 11 is 8.12. The maximum Gasteiger partial charge on any atom is 0.0451 e. The van der Waals surface area contributed by atoms with Gasteiger partial charge in [-0.3, -0.25) is 4.90 Å². The standard InChI is InChI=1S/C15H16ClNS/c1-11-15-12(7-9-18-15)6-8-17(11)10-13-4-2-3-5-14(13)16/h2-5,7,9,11H,6,8,10H2,1H3. The van der Waals surface area contributed by atoms with Crippen molar-refractivity contribution < 1.29 is 0 Å². The highest BCUT2D eigenvalue weighted by atomic mass is 35.5. The third-order valence-corrected chi connectivity index (χ3v) is 5.21. The van der Waals surface area contributed by atoms with Crippen LogP contribution in [0.5, 0.6) is 0 Å². The molecule has 1 aliphatic rings. The van der Waals surface area contributed by atoms with E-state index < -0.39 is 0 Å². The Bertz CT molecular complexity index is 549. The monoisotopic (exact) mass is 277 g/mol. The Hall–Kier alpha value is -0.830. The Balaban J connectivity index is 1.81. The number of hydrogen-bond donors (Lipinski definition) is 0. The molecule has 0 radical (unpaired) electrons. The highest BCUT2D eigenvalue weighted by Crippen LogP contribution is 2.34. The quantitative estimate of drug-likeness (QED) is 0.780. The van der Waals surface area contributed by atoms with Gasteiger partial charge in [-0.25, -0.2) is 0 Å². The fraction of sp³-hybridized carbons (Fsp3) is 0.333. The van der Waals surface area contributed by atoms with Crippen molar-refractivity contribution in [1.29, 1.82) is 0 Å². The largest absolute Gasteiger partial charge is 0.291 e. The lowest BCUT2D eigenvalue weighted by Gasteiger charge is -2.33. The molecular formula is C15H16ClNS. The number of rotatable bonds is 2. The van der Waals surface area contributed by atoms with Gasteiger partial charge in [-0.15, -0.1) is 11.3 Å². The van der Waals surface area contributed by atoms with E-state index in [0.717, 1.165) is 24.5 Å². The Morgan fingerprint density at radius 2 is 2.17 bits per heavy atom. The molecule has 3 heteroatoms. The van der Waals surface area contributed by atoms with Crippen LogP contribution in [0.15, 0.2) is 35.7 Å². The lowest BCUT2D eigenvalue weighted by atomic mass is 10.0. The minimum Gasteiger partial charge on any atom is -0.291 e. The molecular weight excluding hydrogens is 262 g/mol. The fourth-order valence-corrected chi connectivity index (χ4v) is 3.85. The van der Waals surface area contributed by atoms with Gasteiger partial charge in [0.1, 0.15) is 0 Å². The number of benzene rings is 1. The van der Waals surface area contributed by atoms with E-state index in [2.05, 4.69) is 35.4 Å². The van der Waals surface area contributed by atoms with Crippen LogP contribution in [-0.2, 0) is 13.0 Å². The second-order valence-corrected chi connectivity index (χ2v) is 6.15. The topological polar surface area (TPSA) is 3.24 Å². The van der Waals surface area contributed by atoms with Crippen LogP contribution in [0.4, 0.5) is 0 Å². The first kappa shape index (κ1) is 12.2. The molecule has 94 valence electrons. The van der Waals surface area contributed by atoms with Crippen molar-refractivity contribution in [2.24, 2.45) is 0 Å². The van der Waals surface area contributed by atoms with E-state index in [-0.39, 0.29) is 0 Å². The van der Waals surface area contributed by atoms with E-state index in [4.69, 9.17) is 11.6 Å². The van der Waals surface area contributed by atoms with Crippen LogP contribution in [-0.4, -0.2) is 11.4 Å². The van der Waals surface area contributed by atoms with E-state index in [1.165, 1.54) is 16.0 Å². The second-order valence-electron chi connectivity index (χ2n) is 4.80. The summed E-state index contributed by atoms with van der Waals surface area (Å²) in [6, 6.07) is 10.9. The summed E-state index contributed by atoms with van der Waals surface area (Å²) in [6.45, 7) is 4.36. The average Bonchev–Trinajstić information content (AvgIpc) is 2.84. The molecule has 1 unspecified atom stereocenters.